The molecule has 0 aromatic heterocycles. The minimum absolute atomic E-state index is 0.250. The van der Waals surface area contributed by atoms with Gasteiger partial charge in [-0.15, -0.1) is 0 Å². The average molecular weight is 328 g/mol. The summed E-state index contributed by atoms with van der Waals surface area (Å²) in [5.74, 6) is -13.1. The molecule has 3 fully saturated rings. The summed E-state index contributed by atoms with van der Waals surface area (Å²) in [4.78, 5) is 46.4. The molecular formula is C15H20O8. The standard InChI is InChI=1S/C15H20O8/c1-2-3-5-4-6-8(12(16)17)10(14(20)21)7(5)11(15(22)23)9(6)13(18)19/h5-11H,2-4H2,1H3,(H,16,17)(H,18,19)(H,20,21)(H,22,23). The number of carboxylic acid groups (broad SMARTS) is 4. The molecule has 8 nitrogen and oxygen atoms in total. The summed E-state index contributed by atoms with van der Waals surface area (Å²) in [6.07, 6.45) is 1.51. The fourth-order valence-corrected chi connectivity index (χ4v) is 4.84. The van der Waals surface area contributed by atoms with E-state index in [2.05, 4.69) is 0 Å². The van der Waals surface area contributed by atoms with Crippen LogP contribution < -0.4 is 0 Å². The van der Waals surface area contributed by atoms with Gasteiger partial charge in [0.2, 0.25) is 0 Å². The van der Waals surface area contributed by atoms with Crippen LogP contribution in [0, 0.1) is 41.4 Å². The molecule has 2 bridgehead atoms. The molecule has 4 N–H and O–H groups in total. The third-order valence-electron chi connectivity index (χ3n) is 5.45. The van der Waals surface area contributed by atoms with Gasteiger partial charge in [0.05, 0.1) is 23.7 Å². The van der Waals surface area contributed by atoms with Crippen LogP contribution in [0.4, 0.5) is 0 Å². The van der Waals surface area contributed by atoms with E-state index in [0.29, 0.717) is 12.8 Å². The largest absolute Gasteiger partial charge is 0.481 e. The minimum Gasteiger partial charge on any atom is -0.481 e. The second kappa shape index (κ2) is 6.17. The zero-order chi connectivity index (χ0) is 17.5. The Hall–Kier alpha value is -2.12. The van der Waals surface area contributed by atoms with Gasteiger partial charge in [-0.1, -0.05) is 19.8 Å². The quantitative estimate of drug-likeness (QED) is 0.560. The number of hydrogen-bond donors (Lipinski definition) is 4. The highest BCUT2D eigenvalue weighted by atomic mass is 16.4. The summed E-state index contributed by atoms with van der Waals surface area (Å²) in [5, 5.41) is 37.8. The maximum Gasteiger partial charge on any atom is 0.307 e. The highest BCUT2D eigenvalue weighted by Gasteiger charge is 2.65. The van der Waals surface area contributed by atoms with E-state index in [-0.39, 0.29) is 12.3 Å². The Kier molecular flexibility index (Phi) is 4.63. The van der Waals surface area contributed by atoms with Gasteiger partial charge in [0.1, 0.15) is 0 Å². The Morgan fingerprint density at radius 3 is 1.48 bits per heavy atom. The van der Waals surface area contributed by atoms with Crippen LogP contribution >= 0.6 is 0 Å². The highest BCUT2D eigenvalue weighted by Crippen LogP contribution is 2.58. The molecule has 0 heterocycles. The van der Waals surface area contributed by atoms with Crippen molar-refractivity contribution in [2.45, 2.75) is 26.2 Å². The van der Waals surface area contributed by atoms with E-state index in [0.717, 1.165) is 0 Å². The van der Waals surface area contributed by atoms with E-state index < -0.39 is 59.4 Å². The van der Waals surface area contributed by atoms with E-state index in [9.17, 15) is 39.6 Å². The number of fused-ring (bicyclic) bond motifs is 3. The average Bonchev–Trinajstić information content (AvgIpc) is 2.45. The number of carboxylic acids is 4. The number of rotatable bonds is 6. The van der Waals surface area contributed by atoms with E-state index in [1.807, 2.05) is 6.92 Å². The summed E-state index contributed by atoms with van der Waals surface area (Å²) in [6, 6.07) is 0. The smallest absolute Gasteiger partial charge is 0.307 e. The maximum absolute atomic E-state index is 11.6. The molecule has 128 valence electrons. The zero-order valence-electron chi connectivity index (χ0n) is 12.6. The predicted octanol–water partition coefficient (Wildman–Crippen LogP) is 0.856. The van der Waals surface area contributed by atoms with Crippen molar-refractivity contribution in [1.29, 1.82) is 0 Å². The normalized spacial score (nSPS) is 38.9. The van der Waals surface area contributed by atoms with Gasteiger partial charge in [-0.3, -0.25) is 19.2 Å². The van der Waals surface area contributed by atoms with E-state index in [4.69, 9.17) is 0 Å². The second-order valence-electron chi connectivity index (χ2n) is 6.48. The summed E-state index contributed by atoms with van der Waals surface area (Å²) < 4.78 is 0. The Bertz CT molecular complexity index is 502. The molecule has 3 saturated carbocycles. The fraction of sp³-hybridized carbons (Fsp3) is 0.733. The third kappa shape index (κ3) is 2.66. The van der Waals surface area contributed by atoms with Crippen LogP contribution in [0.2, 0.25) is 0 Å². The molecule has 0 aromatic rings. The van der Waals surface area contributed by atoms with Crippen LogP contribution in [-0.2, 0) is 19.2 Å². The zero-order valence-corrected chi connectivity index (χ0v) is 12.6. The molecule has 3 aliphatic carbocycles. The number of hydrogen-bond acceptors (Lipinski definition) is 4. The van der Waals surface area contributed by atoms with Gasteiger partial charge in [-0.2, -0.15) is 0 Å². The predicted molar refractivity (Wildman–Crippen MR) is 74.5 cm³/mol. The van der Waals surface area contributed by atoms with Crippen LogP contribution in [0.15, 0.2) is 0 Å². The summed E-state index contributed by atoms with van der Waals surface area (Å²) >= 11 is 0. The first-order valence-electron chi connectivity index (χ1n) is 7.63. The first-order chi connectivity index (χ1) is 10.7. The molecule has 0 radical (unpaired) electrons. The first-order valence-corrected chi connectivity index (χ1v) is 7.63. The van der Waals surface area contributed by atoms with Gasteiger partial charge in [0, 0.05) is 0 Å². The van der Waals surface area contributed by atoms with Gasteiger partial charge in [-0.05, 0) is 24.2 Å². The van der Waals surface area contributed by atoms with Crippen molar-refractivity contribution in [2.24, 2.45) is 41.4 Å². The van der Waals surface area contributed by atoms with Crippen molar-refractivity contribution >= 4 is 23.9 Å². The van der Waals surface area contributed by atoms with Crippen molar-refractivity contribution in [3.05, 3.63) is 0 Å². The minimum atomic E-state index is -1.36. The molecule has 5 atom stereocenters. The van der Waals surface area contributed by atoms with Crippen molar-refractivity contribution in [3.63, 3.8) is 0 Å². The van der Waals surface area contributed by atoms with Crippen molar-refractivity contribution in [1.82, 2.24) is 0 Å². The van der Waals surface area contributed by atoms with Crippen LogP contribution in [0.3, 0.4) is 0 Å². The maximum atomic E-state index is 11.6. The van der Waals surface area contributed by atoms with Crippen molar-refractivity contribution < 1.29 is 39.6 Å². The van der Waals surface area contributed by atoms with Crippen LogP contribution in [0.1, 0.15) is 26.2 Å². The van der Waals surface area contributed by atoms with Gasteiger partial charge < -0.3 is 20.4 Å². The molecule has 5 unspecified atom stereocenters. The summed E-state index contributed by atoms with van der Waals surface area (Å²) in [5.41, 5.74) is 0. The SMILES string of the molecule is CCCC1CC2C(C(=O)O)C(C(=O)O)C1C(C(=O)O)C2C(=O)O. The van der Waals surface area contributed by atoms with Gasteiger partial charge in [0.25, 0.3) is 0 Å². The van der Waals surface area contributed by atoms with Gasteiger partial charge >= 0.3 is 23.9 Å². The van der Waals surface area contributed by atoms with E-state index in [1.54, 1.807) is 0 Å². The molecule has 0 spiro atoms. The highest BCUT2D eigenvalue weighted by molar-refractivity contribution is 5.87. The Morgan fingerprint density at radius 2 is 1.17 bits per heavy atom. The lowest BCUT2D eigenvalue weighted by Crippen LogP contribution is -2.62. The first kappa shape index (κ1) is 17.2. The van der Waals surface area contributed by atoms with E-state index >= 15 is 0 Å². The van der Waals surface area contributed by atoms with Crippen molar-refractivity contribution in [3.8, 4) is 0 Å². The van der Waals surface area contributed by atoms with Crippen molar-refractivity contribution in [2.75, 3.05) is 0 Å². The summed E-state index contributed by atoms with van der Waals surface area (Å²) in [6.45, 7) is 1.87. The van der Waals surface area contributed by atoms with Crippen LogP contribution in [-0.4, -0.2) is 44.3 Å². The molecular weight excluding hydrogens is 308 g/mol. The van der Waals surface area contributed by atoms with Gasteiger partial charge in [0.15, 0.2) is 0 Å². The lowest BCUT2D eigenvalue weighted by molar-refractivity contribution is -0.197. The molecule has 0 saturated heterocycles. The topological polar surface area (TPSA) is 149 Å². The molecule has 8 heteroatoms. The second-order valence-corrected chi connectivity index (χ2v) is 6.48. The lowest BCUT2D eigenvalue weighted by Gasteiger charge is -2.55. The Labute approximate surface area is 132 Å². The lowest BCUT2D eigenvalue weighted by atomic mass is 9.46. The third-order valence-corrected chi connectivity index (χ3v) is 5.45. The van der Waals surface area contributed by atoms with Crippen LogP contribution in [0.5, 0.6) is 0 Å². The molecule has 0 aliphatic heterocycles. The Balaban J connectivity index is 2.58. The fourth-order valence-electron chi connectivity index (χ4n) is 4.84. The Morgan fingerprint density at radius 1 is 0.783 bits per heavy atom. The monoisotopic (exact) mass is 328 g/mol. The molecule has 0 amide bonds. The van der Waals surface area contributed by atoms with Gasteiger partial charge in [-0.25, -0.2) is 0 Å². The molecule has 3 rings (SSSR count). The summed E-state index contributed by atoms with van der Waals surface area (Å²) in [7, 11) is 0. The van der Waals surface area contributed by atoms with Crippen LogP contribution in [0.25, 0.3) is 0 Å². The van der Waals surface area contributed by atoms with E-state index in [1.165, 1.54) is 0 Å². The number of carbonyl (C=O) groups is 4. The number of aliphatic carboxylic acids is 4. The molecule has 23 heavy (non-hydrogen) atoms. The molecule has 3 aliphatic rings. The molecule has 0 aromatic carbocycles.